The molecule has 1 amide bonds. The minimum Gasteiger partial charge on any atom is -0.497 e. The Morgan fingerprint density at radius 3 is 2.19 bits per heavy atom. The lowest BCUT2D eigenvalue weighted by atomic mass is 9.98. The summed E-state index contributed by atoms with van der Waals surface area (Å²) in [5.74, 6) is 0.318. The number of esters is 1. The average molecular weight is 419 g/mol. The fourth-order valence-corrected chi connectivity index (χ4v) is 3.17. The Kier molecular flexibility index (Phi) is 7.27. The first-order valence-corrected chi connectivity index (χ1v) is 9.82. The predicted molar refractivity (Wildman–Crippen MR) is 117 cm³/mol. The van der Waals surface area contributed by atoms with Crippen molar-refractivity contribution in [2.45, 2.75) is 13.0 Å². The molecule has 3 aromatic carbocycles. The number of nitrogens with one attached hydrogen (secondary N) is 1. The number of hydrogen-bond acceptors (Lipinski definition) is 5. The van der Waals surface area contributed by atoms with Gasteiger partial charge in [0.1, 0.15) is 11.5 Å². The molecule has 0 aliphatic carbocycles. The van der Waals surface area contributed by atoms with Crippen LogP contribution in [-0.4, -0.2) is 32.7 Å². The molecule has 3 rings (SSSR count). The van der Waals surface area contributed by atoms with Crippen molar-refractivity contribution in [2.75, 3.05) is 20.8 Å². The number of benzene rings is 3. The molecule has 0 unspecified atom stereocenters. The lowest BCUT2D eigenvalue weighted by molar-refractivity contribution is -0.124. The maximum absolute atomic E-state index is 12.6. The van der Waals surface area contributed by atoms with Crippen molar-refractivity contribution in [1.82, 2.24) is 5.32 Å². The van der Waals surface area contributed by atoms with Crippen LogP contribution in [0, 0.1) is 6.92 Å². The molecular formula is C25H25NO5. The number of carbonyl (C=O) groups excluding carboxylic acids is 2. The zero-order valence-corrected chi connectivity index (χ0v) is 17.8. The third-order valence-corrected chi connectivity index (χ3v) is 4.87. The van der Waals surface area contributed by atoms with Crippen LogP contribution in [0.15, 0.2) is 72.8 Å². The molecule has 0 heterocycles. The van der Waals surface area contributed by atoms with Crippen molar-refractivity contribution in [2.24, 2.45) is 0 Å². The minimum atomic E-state index is -0.589. The molecule has 0 fully saturated rings. The van der Waals surface area contributed by atoms with E-state index in [2.05, 4.69) is 5.32 Å². The molecule has 0 saturated heterocycles. The van der Waals surface area contributed by atoms with E-state index in [9.17, 15) is 9.59 Å². The topological polar surface area (TPSA) is 73.9 Å². The SMILES string of the molecule is COc1ccc([C@@H](NC(=O)COC(=O)c2ccc(C)c(OC)c2)c2ccccc2)cc1. The van der Waals surface area contributed by atoms with E-state index in [-0.39, 0.29) is 0 Å². The van der Waals surface area contributed by atoms with Crippen LogP contribution < -0.4 is 14.8 Å². The minimum absolute atomic E-state index is 0.324. The van der Waals surface area contributed by atoms with E-state index in [0.29, 0.717) is 11.3 Å². The molecule has 31 heavy (non-hydrogen) atoms. The van der Waals surface area contributed by atoms with Gasteiger partial charge in [-0.1, -0.05) is 48.5 Å². The zero-order chi connectivity index (χ0) is 22.2. The van der Waals surface area contributed by atoms with E-state index in [1.807, 2.05) is 61.5 Å². The van der Waals surface area contributed by atoms with Gasteiger partial charge in [-0.15, -0.1) is 0 Å². The highest BCUT2D eigenvalue weighted by atomic mass is 16.5. The Morgan fingerprint density at radius 2 is 1.55 bits per heavy atom. The van der Waals surface area contributed by atoms with Gasteiger partial charge in [-0.25, -0.2) is 4.79 Å². The molecule has 6 nitrogen and oxygen atoms in total. The smallest absolute Gasteiger partial charge is 0.338 e. The number of hydrogen-bond donors (Lipinski definition) is 1. The Labute approximate surface area is 181 Å². The van der Waals surface area contributed by atoms with Crippen molar-refractivity contribution in [3.63, 3.8) is 0 Å². The molecule has 0 bridgehead atoms. The number of aryl methyl sites for hydroxylation is 1. The van der Waals surface area contributed by atoms with Gasteiger partial charge in [0.2, 0.25) is 0 Å². The van der Waals surface area contributed by atoms with E-state index >= 15 is 0 Å². The second kappa shape index (κ2) is 10.3. The molecule has 0 spiro atoms. The number of methoxy groups -OCH3 is 2. The summed E-state index contributed by atoms with van der Waals surface area (Å²) in [4.78, 5) is 25.0. The van der Waals surface area contributed by atoms with Gasteiger partial charge in [-0.05, 0) is 47.9 Å². The van der Waals surface area contributed by atoms with Crippen LogP contribution in [0.4, 0.5) is 0 Å². The molecule has 160 valence electrons. The molecule has 0 aliphatic heterocycles. The van der Waals surface area contributed by atoms with E-state index in [0.717, 1.165) is 22.4 Å². The Bertz CT molecular complexity index is 1030. The third-order valence-electron chi connectivity index (χ3n) is 4.87. The second-order valence-electron chi connectivity index (χ2n) is 6.94. The summed E-state index contributed by atoms with van der Waals surface area (Å²) in [7, 11) is 3.14. The maximum Gasteiger partial charge on any atom is 0.338 e. The largest absolute Gasteiger partial charge is 0.497 e. The number of amides is 1. The first kappa shape index (κ1) is 21.9. The van der Waals surface area contributed by atoms with Gasteiger partial charge < -0.3 is 19.5 Å². The van der Waals surface area contributed by atoms with E-state index in [4.69, 9.17) is 14.2 Å². The summed E-state index contributed by atoms with van der Waals surface area (Å²) in [6, 6.07) is 21.6. The van der Waals surface area contributed by atoms with Gasteiger partial charge >= 0.3 is 5.97 Å². The van der Waals surface area contributed by atoms with Crippen molar-refractivity contribution in [3.8, 4) is 11.5 Å². The van der Waals surface area contributed by atoms with Crippen LogP contribution in [0.3, 0.4) is 0 Å². The van der Waals surface area contributed by atoms with Crippen molar-refractivity contribution in [3.05, 3.63) is 95.1 Å². The van der Waals surface area contributed by atoms with Gasteiger partial charge in [0.25, 0.3) is 5.91 Å². The van der Waals surface area contributed by atoms with Crippen LogP contribution in [0.25, 0.3) is 0 Å². The Morgan fingerprint density at radius 1 is 0.871 bits per heavy atom. The normalized spacial score (nSPS) is 11.3. The van der Waals surface area contributed by atoms with E-state index in [1.54, 1.807) is 25.3 Å². The quantitative estimate of drug-likeness (QED) is 0.557. The average Bonchev–Trinajstić information content (AvgIpc) is 2.82. The maximum atomic E-state index is 12.6. The monoisotopic (exact) mass is 419 g/mol. The van der Waals surface area contributed by atoms with Gasteiger partial charge in [-0.3, -0.25) is 4.79 Å². The molecule has 0 aliphatic rings. The van der Waals surface area contributed by atoms with Gasteiger partial charge in [0, 0.05) is 0 Å². The molecule has 1 N–H and O–H groups in total. The van der Waals surface area contributed by atoms with Gasteiger partial charge in [0.15, 0.2) is 6.61 Å². The number of rotatable bonds is 8. The molecule has 3 aromatic rings. The lowest BCUT2D eigenvalue weighted by Gasteiger charge is -2.20. The van der Waals surface area contributed by atoms with Crippen molar-refractivity contribution < 1.29 is 23.8 Å². The summed E-state index contributed by atoms with van der Waals surface area (Å²) in [6.45, 7) is 1.48. The molecule has 0 radical (unpaired) electrons. The van der Waals surface area contributed by atoms with E-state index in [1.165, 1.54) is 7.11 Å². The third kappa shape index (κ3) is 5.63. The Balaban J connectivity index is 1.69. The van der Waals surface area contributed by atoms with Gasteiger partial charge in [0.05, 0.1) is 25.8 Å². The second-order valence-corrected chi connectivity index (χ2v) is 6.94. The summed E-state index contributed by atoms with van der Waals surface area (Å²) in [6.07, 6.45) is 0. The fraction of sp³-hybridized carbons (Fsp3) is 0.200. The first-order valence-electron chi connectivity index (χ1n) is 9.82. The molecule has 6 heteroatoms. The van der Waals surface area contributed by atoms with Crippen LogP contribution in [0.1, 0.15) is 33.1 Å². The molecule has 0 aromatic heterocycles. The van der Waals surface area contributed by atoms with Crippen LogP contribution in [-0.2, 0) is 9.53 Å². The molecular weight excluding hydrogens is 394 g/mol. The summed E-state index contributed by atoms with van der Waals surface area (Å²) >= 11 is 0. The highest BCUT2D eigenvalue weighted by Gasteiger charge is 2.19. The Hall–Kier alpha value is -3.80. The summed E-state index contributed by atoms with van der Waals surface area (Å²) in [5, 5.41) is 2.94. The van der Waals surface area contributed by atoms with Crippen molar-refractivity contribution >= 4 is 11.9 Å². The predicted octanol–water partition coefficient (Wildman–Crippen LogP) is 4.07. The van der Waals surface area contributed by atoms with Crippen LogP contribution in [0.2, 0.25) is 0 Å². The number of carbonyl (C=O) groups is 2. The van der Waals surface area contributed by atoms with Crippen molar-refractivity contribution in [1.29, 1.82) is 0 Å². The lowest BCUT2D eigenvalue weighted by Crippen LogP contribution is -2.33. The first-order chi connectivity index (χ1) is 15.0. The molecule has 1 atom stereocenters. The highest BCUT2D eigenvalue weighted by Crippen LogP contribution is 2.24. The highest BCUT2D eigenvalue weighted by molar-refractivity contribution is 5.92. The zero-order valence-electron chi connectivity index (χ0n) is 17.8. The fourth-order valence-electron chi connectivity index (χ4n) is 3.17. The number of ether oxygens (including phenoxy) is 3. The van der Waals surface area contributed by atoms with E-state index < -0.39 is 24.5 Å². The van der Waals surface area contributed by atoms with Gasteiger partial charge in [-0.2, -0.15) is 0 Å². The van der Waals surface area contributed by atoms with Crippen LogP contribution in [0.5, 0.6) is 11.5 Å². The summed E-state index contributed by atoms with van der Waals surface area (Å²) in [5.41, 5.74) is 3.03. The standard InChI is InChI=1S/C25H25NO5/c1-17-9-10-20(15-22(17)30-3)25(28)31-16-23(27)26-24(18-7-5-4-6-8-18)19-11-13-21(29-2)14-12-19/h4-15,24H,16H2,1-3H3,(H,26,27)/t24-/m0/s1. The summed E-state index contributed by atoms with van der Waals surface area (Å²) < 4.78 is 15.7. The van der Waals surface area contributed by atoms with Crippen LogP contribution >= 0.6 is 0 Å². The molecule has 0 saturated carbocycles.